The molecule has 1 fully saturated rings. The van der Waals surface area contributed by atoms with Crippen molar-refractivity contribution in [2.24, 2.45) is 0 Å². The van der Waals surface area contributed by atoms with E-state index in [4.69, 9.17) is 0 Å². The van der Waals surface area contributed by atoms with Gasteiger partial charge in [-0.05, 0) is 30.5 Å². The van der Waals surface area contributed by atoms with Crippen molar-refractivity contribution in [1.82, 2.24) is 5.32 Å². The minimum atomic E-state index is -4.29. The molecule has 0 unspecified atom stereocenters. The minimum Gasteiger partial charge on any atom is -0.389 e. The van der Waals surface area contributed by atoms with Gasteiger partial charge in [-0.3, -0.25) is 0 Å². The summed E-state index contributed by atoms with van der Waals surface area (Å²) < 4.78 is 37.1. The molecule has 106 valence electrons. The summed E-state index contributed by atoms with van der Waals surface area (Å²) >= 11 is 0. The lowest BCUT2D eigenvalue weighted by atomic mass is 10.0. The molecule has 2 rings (SSSR count). The highest BCUT2D eigenvalue weighted by atomic mass is 19.4. The highest BCUT2D eigenvalue weighted by Gasteiger charge is 2.31. The number of benzene rings is 1. The van der Waals surface area contributed by atoms with Crippen LogP contribution in [0, 0.1) is 0 Å². The zero-order chi connectivity index (χ0) is 13.9. The van der Waals surface area contributed by atoms with Crippen molar-refractivity contribution in [3.63, 3.8) is 0 Å². The number of aliphatic hydroxyl groups is 1. The Labute approximate surface area is 110 Å². The number of hydrogen-bond donors (Lipinski definition) is 2. The van der Waals surface area contributed by atoms with Crippen LogP contribution >= 0.6 is 0 Å². The Morgan fingerprint density at radius 2 is 1.68 bits per heavy atom. The standard InChI is InChI=1S/C14H18F3NO/c15-14(16,17)12-5-3-11(4-6-12)9-18-10-13(19)7-1-2-8-13/h3-6,18-19H,1-2,7-10H2. The maximum Gasteiger partial charge on any atom is 0.416 e. The molecule has 0 amide bonds. The molecule has 2 N–H and O–H groups in total. The molecule has 0 spiro atoms. The molecule has 1 aliphatic carbocycles. The van der Waals surface area contributed by atoms with E-state index in [2.05, 4.69) is 5.32 Å². The monoisotopic (exact) mass is 273 g/mol. The lowest BCUT2D eigenvalue weighted by Crippen LogP contribution is -2.37. The number of nitrogens with one attached hydrogen (secondary N) is 1. The maximum atomic E-state index is 12.4. The van der Waals surface area contributed by atoms with Gasteiger partial charge in [0.2, 0.25) is 0 Å². The lowest BCUT2D eigenvalue weighted by Gasteiger charge is -2.22. The Kier molecular flexibility index (Phi) is 4.16. The first-order chi connectivity index (χ1) is 8.89. The van der Waals surface area contributed by atoms with Crippen LogP contribution in [0.5, 0.6) is 0 Å². The first-order valence-electron chi connectivity index (χ1n) is 6.48. The van der Waals surface area contributed by atoms with Gasteiger partial charge in [0.25, 0.3) is 0 Å². The molecule has 1 aliphatic rings. The van der Waals surface area contributed by atoms with Crippen LogP contribution in [0.3, 0.4) is 0 Å². The summed E-state index contributed by atoms with van der Waals surface area (Å²) in [7, 11) is 0. The van der Waals surface area contributed by atoms with Gasteiger partial charge in [-0.25, -0.2) is 0 Å². The molecule has 0 heterocycles. The van der Waals surface area contributed by atoms with E-state index in [9.17, 15) is 18.3 Å². The molecule has 0 radical (unpaired) electrons. The topological polar surface area (TPSA) is 32.3 Å². The van der Waals surface area contributed by atoms with Crippen LogP contribution in [-0.2, 0) is 12.7 Å². The van der Waals surface area contributed by atoms with Gasteiger partial charge in [0.15, 0.2) is 0 Å². The number of rotatable bonds is 4. The highest BCUT2D eigenvalue weighted by molar-refractivity contribution is 5.24. The molecular formula is C14H18F3NO. The maximum absolute atomic E-state index is 12.4. The molecule has 0 bridgehead atoms. The Bertz CT molecular complexity index is 408. The summed E-state index contributed by atoms with van der Waals surface area (Å²) in [5.41, 5.74) is -0.480. The summed E-state index contributed by atoms with van der Waals surface area (Å²) in [4.78, 5) is 0. The van der Waals surface area contributed by atoms with Crippen LogP contribution in [0.4, 0.5) is 13.2 Å². The zero-order valence-electron chi connectivity index (χ0n) is 10.6. The quantitative estimate of drug-likeness (QED) is 0.883. The highest BCUT2D eigenvalue weighted by Crippen LogP contribution is 2.30. The number of hydrogen-bond acceptors (Lipinski definition) is 2. The molecular weight excluding hydrogens is 255 g/mol. The van der Waals surface area contributed by atoms with Crippen LogP contribution in [0.25, 0.3) is 0 Å². The summed E-state index contributed by atoms with van der Waals surface area (Å²) in [5, 5.41) is 13.2. The Morgan fingerprint density at radius 3 is 2.21 bits per heavy atom. The number of alkyl halides is 3. The summed E-state index contributed by atoms with van der Waals surface area (Å²) in [6, 6.07) is 5.10. The fourth-order valence-corrected chi connectivity index (χ4v) is 2.46. The van der Waals surface area contributed by atoms with Gasteiger partial charge in [-0.1, -0.05) is 25.0 Å². The van der Waals surface area contributed by atoms with Gasteiger partial charge in [0.1, 0.15) is 0 Å². The van der Waals surface area contributed by atoms with Gasteiger partial charge < -0.3 is 10.4 Å². The molecule has 0 atom stereocenters. The Morgan fingerprint density at radius 1 is 1.11 bits per heavy atom. The second-order valence-corrected chi connectivity index (χ2v) is 5.23. The van der Waals surface area contributed by atoms with Crippen molar-refractivity contribution in [3.8, 4) is 0 Å². The first-order valence-corrected chi connectivity index (χ1v) is 6.48. The average molecular weight is 273 g/mol. The smallest absolute Gasteiger partial charge is 0.389 e. The van der Waals surface area contributed by atoms with E-state index in [0.29, 0.717) is 13.1 Å². The van der Waals surface area contributed by atoms with E-state index in [1.165, 1.54) is 12.1 Å². The van der Waals surface area contributed by atoms with Crippen molar-refractivity contribution in [1.29, 1.82) is 0 Å². The second-order valence-electron chi connectivity index (χ2n) is 5.23. The van der Waals surface area contributed by atoms with E-state index in [1.54, 1.807) is 0 Å². The third kappa shape index (κ3) is 3.94. The van der Waals surface area contributed by atoms with Crippen LogP contribution in [0.15, 0.2) is 24.3 Å². The fourth-order valence-electron chi connectivity index (χ4n) is 2.46. The van der Waals surface area contributed by atoms with Crippen molar-refractivity contribution in [2.45, 2.75) is 44.0 Å². The van der Waals surface area contributed by atoms with Crippen LogP contribution in [0.2, 0.25) is 0 Å². The summed E-state index contributed by atoms with van der Waals surface area (Å²) in [6.07, 6.45) is -0.609. The van der Waals surface area contributed by atoms with Gasteiger partial charge in [-0.15, -0.1) is 0 Å². The Balaban J connectivity index is 1.83. The molecule has 1 saturated carbocycles. The average Bonchev–Trinajstić information content (AvgIpc) is 2.76. The van der Waals surface area contributed by atoms with Crippen molar-refractivity contribution in [2.75, 3.05) is 6.54 Å². The third-order valence-corrected chi connectivity index (χ3v) is 3.60. The number of halogens is 3. The predicted octanol–water partition coefficient (Wildman–Crippen LogP) is 3.10. The normalized spacial score (nSPS) is 18.7. The molecule has 0 aliphatic heterocycles. The Hall–Kier alpha value is -1.07. The molecule has 0 saturated heterocycles. The van der Waals surface area contributed by atoms with Gasteiger partial charge in [-0.2, -0.15) is 13.2 Å². The van der Waals surface area contributed by atoms with Gasteiger partial charge >= 0.3 is 6.18 Å². The second kappa shape index (κ2) is 5.51. The van der Waals surface area contributed by atoms with Crippen LogP contribution in [0.1, 0.15) is 36.8 Å². The first kappa shape index (κ1) is 14.3. The van der Waals surface area contributed by atoms with Crippen molar-refractivity contribution >= 4 is 0 Å². The summed E-state index contributed by atoms with van der Waals surface area (Å²) in [5.74, 6) is 0. The van der Waals surface area contributed by atoms with E-state index in [-0.39, 0.29) is 0 Å². The SMILES string of the molecule is OC1(CNCc2ccc(C(F)(F)F)cc2)CCCC1. The van der Waals surface area contributed by atoms with E-state index >= 15 is 0 Å². The lowest BCUT2D eigenvalue weighted by molar-refractivity contribution is -0.137. The molecule has 2 nitrogen and oxygen atoms in total. The minimum absolute atomic E-state index is 0.473. The molecule has 1 aromatic rings. The van der Waals surface area contributed by atoms with E-state index in [1.807, 2.05) is 0 Å². The summed E-state index contributed by atoms with van der Waals surface area (Å²) in [6.45, 7) is 0.967. The van der Waals surface area contributed by atoms with E-state index < -0.39 is 17.3 Å². The van der Waals surface area contributed by atoms with E-state index in [0.717, 1.165) is 43.4 Å². The largest absolute Gasteiger partial charge is 0.416 e. The fraction of sp³-hybridized carbons (Fsp3) is 0.571. The third-order valence-electron chi connectivity index (χ3n) is 3.60. The van der Waals surface area contributed by atoms with Crippen LogP contribution in [-0.4, -0.2) is 17.3 Å². The van der Waals surface area contributed by atoms with Crippen molar-refractivity contribution in [3.05, 3.63) is 35.4 Å². The molecule has 0 aromatic heterocycles. The van der Waals surface area contributed by atoms with Gasteiger partial charge in [0, 0.05) is 13.1 Å². The predicted molar refractivity (Wildman–Crippen MR) is 66.6 cm³/mol. The van der Waals surface area contributed by atoms with Crippen molar-refractivity contribution < 1.29 is 18.3 Å². The molecule has 5 heteroatoms. The van der Waals surface area contributed by atoms with Crippen LogP contribution < -0.4 is 5.32 Å². The molecule has 1 aromatic carbocycles. The van der Waals surface area contributed by atoms with Gasteiger partial charge in [0.05, 0.1) is 11.2 Å². The zero-order valence-corrected chi connectivity index (χ0v) is 10.6. The molecule has 19 heavy (non-hydrogen) atoms.